The summed E-state index contributed by atoms with van der Waals surface area (Å²) in [5, 5.41) is 3.91. The van der Waals surface area contributed by atoms with Crippen LogP contribution in [0.1, 0.15) is 48.1 Å². The van der Waals surface area contributed by atoms with Crippen LogP contribution in [-0.2, 0) is 12.3 Å². The number of alkyl halides is 2. The highest BCUT2D eigenvalue weighted by atomic mass is 19.3. The maximum Gasteiger partial charge on any atom is 0.277 e. The number of aromatic nitrogens is 2. The molecule has 15 heavy (non-hydrogen) atoms. The summed E-state index contributed by atoms with van der Waals surface area (Å²) in [6.45, 7) is 3.72. The Morgan fingerprint density at radius 2 is 2.20 bits per heavy atom. The number of hydrogen-bond donors (Lipinski definition) is 0. The molecule has 0 N–H and O–H groups in total. The molecule has 1 heterocycles. The van der Waals surface area contributed by atoms with Gasteiger partial charge in [-0.3, -0.25) is 9.48 Å². The SMILES string of the molecule is CC(C)n1nc(C=O)c2c1CCC2(F)F. The van der Waals surface area contributed by atoms with Crippen molar-refractivity contribution in [2.24, 2.45) is 0 Å². The zero-order chi connectivity index (χ0) is 11.2. The van der Waals surface area contributed by atoms with Crippen LogP contribution in [0, 0.1) is 0 Å². The molecule has 3 nitrogen and oxygen atoms in total. The lowest BCUT2D eigenvalue weighted by Crippen LogP contribution is -2.10. The molecule has 1 aromatic heterocycles. The van der Waals surface area contributed by atoms with Crippen molar-refractivity contribution in [1.82, 2.24) is 9.78 Å². The first-order valence-corrected chi connectivity index (χ1v) is 4.92. The topological polar surface area (TPSA) is 34.9 Å². The van der Waals surface area contributed by atoms with E-state index < -0.39 is 5.92 Å². The van der Waals surface area contributed by atoms with Crippen LogP contribution in [-0.4, -0.2) is 16.1 Å². The molecule has 1 aromatic rings. The van der Waals surface area contributed by atoms with Crippen molar-refractivity contribution in [2.45, 2.75) is 38.7 Å². The van der Waals surface area contributed by atoms with Crippen LogP contribution < -0.4 is 0 Å². The highest BCUT2D eigenvalue weighted by Gasteiger charge is 2.45. The molecular weight excluding hydrogens is 202 g/mol. The molecule has 0 spiro atoms. The zero-order valence-corrected chi connectivity index (χ0v) is 8.63. The van der Waals surface area contributed by atoms with E-state index in [1.807, 2.05) is 13.8 Å². The predicted molar refractivity (Wildman–Crippen MR) is 50.2 cm³/mol. The van der Waals surface area contributed by atoms with Gasteiger partial charge in [0.1, 0.15) is 5.69 Å². The third-order valence-electron chi connectivity index (χ3n) is 2.68. The van der Waals surface area contributed by atoms with Crippen LogP contribution in [0.2, 0.25) is 0 Å². The van der Waals surface area contributed by atoms with Gasteiger partial charge in [-0.05, 0) is 20.3 Å². The highest BCUT2D eigenvalue weighted by molar-refractivity contribution is 5.75. The lowest BCUT2D eigenvalue weighted by atomic mass is 10.1. The van der Waals surface area contributed by atoms with Gasteiger partial charge in [-0.2, -0.15) is 5.10 Å². The maximum absolute atomic E-state index is 13.4. The zero-order valence-electron chi connectivity index (χ0n) is 8.63. The summed E-state index contributed by atoms with van der Waals surface area (Å²) >= 11 is 0. The Hall–Kier alpha value is -1.26. The van der Waals surface area contributed by atoms with Crippen molar-refractivity contribution < 1.29 is 13.6 Å². The van der Waals surface area contributed by atoms with Crippen LogP contribution in [0.5, 0.6) is 0 Å². The Balaban J connectivity index is 2.63. The first-order valence-electron chi connectivity index (χ1n) is 4.92. The molecule has 0 unspecified atom stereocenters. The largest absolute Gasteiger partial charge is 0.296 e. The molecule has 2 rings (SSSR count). The number of hydrogen-bond acceptors (Lipinski definition) is 2. The molecule has 82 valence electrons. The fraction of sp³-hybridized carbons (Fsp3) is 0.600. The second-order valence-corrected chi connectivity index (χ2v) is 4.07. The van der Waals surface area contributed by atoms with E-state index in [-0.39, 0.29) is 23.7 Å². The van der Waals surface area contributed by atoms with Gasteiger partial charge >= 0.3 is 0 Å². The van der Waals surface area contributed by atoms with E-state index in [1.54, 1.807) is 0 Å². The summed E-state index contributed by atoms with van der Waals surface area (Å²) in [7, 11) is 0. The molecule has 1 aliphatic carbocycles. The van der Waals surface area contributed by atoms with Gasteiger partial charge in [0.25, 0.3) is 5.92 Å². The second kappa shape index (κ2) is 3.12. The quantitative estimate of drug-likeness (QED) is 0.708. The van der Waals surface area contributed by atoms with Crippen molar-refractivity contribution in [3.8, 4) is 0 Å². The summed E-state index contributed by atoms with van der Waals surface area (Å²) < 4.78 is 28.4. The minimum Gasteiger partial charge on any atom is -0.296 e. The van der Waals surface area contributed by atoms with Gasteiger partial charge < -0.3 is 0 Å². The summed E-state index contributed by atoms with van der Waals surface area (Å²) in [6.07, 6.45) is 0.492. The minimum atomic E-state index is -2.89. The van der Waals surface area contributed by atoms with Crippen molar-refractivity contribution in [3.63, 3.8) is 0 Å². The van der Waals surface area contributed by atoms with Crippen molar-refractivity contribution in [3.05, 3.63) is 17.0 Å². The molecule has 1 aliphatic rings. The van der Waals surface area contributed by atoms with E-state index >= 15 is 0 Å². The Bertz CT molecular complexity index is 410. The van der Waals surface area contributed by atoms with E-state index in [2.05, 4.69) is 5.10 Å². The number of rotatable bonds is 2. The third-order valence-corrected chi connectivity index (χ3v) is 2.68. The van der Waals surface area contributed by atoms with Crippen molar-refractivity contribution in [1.29, 1.82) is 0 Å². The number of halogens is 2. The Morgan fingerprint density at radius 1 is 1.53 bits per heavy atom. The van der Waals surface area contributed by atoms with Gasteiger partial charge in [0.15, 0.2) is 6.29 Å². The Labute approximate surface area is 86.1 Å². The van der Waals surface area contributed by atoms with Gasteiger partial charge in [0, 0.05) is 18.2 Å². The fourth-order valence-corrected chi connectivity index (χ4v) is 2.04. The molecule has 0 aromatic carbocycles. The van der Waals surface area contributed by atoms with Crippen LogP contribution in [0.15, 0.2) is 0 Å². The first kappa shape index (κ1) is 10.3. The number of nitrogens with zero attached hydrogens (tertiary/aromatic N) is 2. The molecule has 0 aliphatic heterocycles. The Morgan fingerprint density at radius 3 is 2.73 bits per heavy atom. The van der Waals surface area contributed by atoms with Gasteiger partial charge in [-0.1, -0.05) is 0 Å². The van der Waals surface area contributed by atoms with Crippen LogP contribution in [0.25, 0.3) is 0 Å². The second-order valence-electron chi connectivity index (χ2n) is 4.07. The van der Waals surface area contributed by atoms with Crippen LogP contribution in [0.4, 0.5) is 8.78 Å². The smallest absolute Gasteiger partial charge is 0.277 e. The molecule has 0 amide bonds. The lowest BCUT2D eigenvalue weighted by Gasteiger charge is -2.07. The van der Waals surface area contributed by atoms with Crippen molar-refractivity contribution >= 4 is 6.29 Å². The third kappa shape index (κ3) is 1.37. The summed E-state index contributed by atoms with van der Waals surface area (Å²) in [4.78, 5) is 10.7. The van der Waals surface area contributed by atoms with Gasteiger partial charge in [0.2, 0.25) is 0 Å². The normalized spacial score (nSPS) is 18.2. The molecule has 0 saturated carbocycles. The first-order chi connectivity index (χ1) is 6.97. The van der Waals surface area contributed by atoms with E-state index in [0.717, 1.165) is 0 Å². The van der Waals surface area contributed by atoms with E-state index in [0.29, 0.717) is 18.4 Å². The standard InChI is InChI=1S/C10H12F2N2O/c1-6(2)14-8-3-4-10(11,12)9(8)7(5-15)13-14/h5-6H,3-4H2,1-2H3. The summed E-state index contributed by atoms with van der Waals surface area (Å²) in [5.74, 6) is -2.89. The molecule has 0 fully saturated rings. The molecule has 5 heteroatoms. The molecule has 0 radical (unpaired) electrons. The number of carbonyl (C=O) groups is 1. The molecule has 0 atom stereocenters. The van der Waals surface area contributed by atoms with E-state index in [1.165, 1.54) is 4.68 Å². The summed E-state index contributed by atoms with van der Waals surface area (Å²) in [6, 6.07) is 0.00125. The van der Waals surface area contributed by atoms with Crippen molar-refractivity contribution in [2.75, 3.05) is 0 Å². The highest BCUT2D eigenvalue weighted by Crippen LogP contribution is 2.43. The summed E-state index contributed by atoms with van der Waals surface area (Å²) in [5.41, 5.74) is 0.240. The van der Waals surface area contributed by atoms with Gasteiger partial charge in [0.05, 0.1) is 5.56 Å². The lowest BCUT2D eigenvalue weighted by molar-refractivity contribution is -0.00257. The Kier molecular flexibility index (Phi) is 2.13. The minimum absolute atomic E-state index is 0.00125. The average molecular weight is 214 g/mol. The monoisotopic (exact) mass is 214 g/mol. The van der Waals surface area contributed by atoms with Gasteiger partial charge in [-0.25, -0.2) is 8.78 Å². The van der Waals surface area contributed by atoms with Crippen LogP contribution in [0.3, 0.4) is 0 Å². The number of aldehydes is 1. The number of fused-ring (bicyclic) bond motifs is 1. The molecule has 0 bridgehead atoms. The van der Waals surface area contributed by atoms with Gasteiger partial charge in [-0.15, -0.1) is 0 Å². The average Bonchev–Trinajstić information content (AvgIpc) is 2.65. The van der Waals surface area contributed by atoms with Crippen LogP contribution >= 0.6 is 0 Å². The molecule has 0 saturated heterocycles. The molecular formula is C10H12F2N2O. The predicted octanol–water partition coefficient (Wildman–Crippen LogP) is 2.31. The maximum atomic E-state index is 13.4. The number of carbonyl (C=O) groups excluding carboxylic acids is 1. The fourth-order valence-electron chi connectivity index (χ4n) is 2.04. The van der Waals surface area contributed by atoms with E-state index in [9.17, 15) is 13.6 Å². The van der Waals surface area contributed by atoms with E-state index in [4.69, 9.17) is 0 Å².